The predicted molar refractivity (Wildman–Crippen MR) is 152 cm³/mol. The number of para-hydroxylation sites is 1. The quantitative estimate of drug-likeness (QED) is 0.0811. The number of fused-ring (bicyclic) bond motifs is 1. The third-order valence-electron chi connectivity index (χ3n) is 6.93. The maximum atomic E-state index is 12.4. The molecule has 6 heteroatoms. The molecule has 0 radical (unpaired) electrons. The number of nitrogens with one attached hydrogen (secondary N) is 1. The first-order chi connectivity index (χ1) is 18.5. The van der Waals surface area contributed by atoms with Crippen LogP contribution in [0.15, 0.2) is 57.7 Å². The third-order valence-corrected chi connectivity index (χ3v) is 6.93. The van der Waals surface area contributed by atoms with Crippen molar-refractivity contribution >= 4 is 22.7 Å². The summed E-state index contributed by atoms with van der Waals surface area (Å²) >= 11 is 0. The molecule has 0 saturated carbocycles. The number of rotatable bonds is 17. The highest BCUT2D eigenvalue weighted by Gasteiger charge is 2.19. The van der Waals surface area contributed by atoms with Crippen LogP contribution in [0.5, 0.6) is 5.75 Å². The lowest BCUT2D eigenvalue weighted by atomic mass is 10.0. The number of hydrogen-bond donors (Lipinski definition) is 2. The average Bonchev–Trinajstić information content (AvgIpc) is 2.93. The van der Waals surface area contributed by atoms with E-state index in [4.69, 9.17) is 14.6 Å². The topological polar surface area (TPSA) is 101 Å². The minimum Gasteiger partial charge on any atom is -0.506 e. The van der Waals surface area contributed by atoms with Gasteiger partial charge in [-0.2, -0.15) is 0 Å². The van der Waals surface area contributed by atoms with Crippen LogP contribution in [0, 0.1) is 5.41 Å². The van der Waals surface area contributed by atoms with Gasteiger partial charge < -0.3 is 14.3 Å². The molecule has 0 amide bonds. The van der Waals surface area contributed by atoms with Crippen molar-refractivity contribution in [2.75, 3.05) is 6.61 Å². The van der Waals surface area contributed by atoms with Gasteiger partial charge in [-0.1, -0.05) is 108 Å². The molecule has 1 heterocycles. The first-order valence-corrected chi connectivity index (χ1v) is 14.1. The molecule has 0 aliphatic heterocycles. The summed E-state index contributed by atoms with van der Waals surface area (Å²) in [5.74, 6) is -0.696. The van der Waals surface area contributed by atoms with Crippen LogP contribution in [0.1, 0.15) is 112 Å². The highest BCUT2D eigenvalue weighted by Crippen LogP contribution is 2.27. The van der Waals surface area contributed by atoms with Crippen molar-refractivity contribution in [2.24, 2.45) is 0 Å². The molecule has 0 aliphatic carbocycles. The Balaban J connectivity index is 1.35. The first kappa shape index (κ1) is 29.2. The highest BCUT2D eigenvalue weighted by molar-refractivity contribution is 6.14. The maximum absolute atomic E-state index is 12.4. The van der Waals surface area contributed by atoms with Crippen LogP contribution < -0.4 is 5.63 Å². The third kappa shape index (κ3) is 8.57. The minimum absolute atomic E-state index is 0.172. The second-order valence-electron chi connectivity index (χ2n) is 9.94. The van der Waals surface area contributed by atoms with Gasteiger partial charge in [0.25, 0.3) is 0 Å². The number of unbranched alkanes of at least 4 members (excludes halogenated alkanes) is 12. The molecule has 0 atom stereocenters. The van der Waals surface area contributed by atoms with E-state index in [2.05, 4.69) is 6.92 Å². The fraction of sp³-hybridized carbons (Fsp3) is 0.469. The lowest BCUT2D eigenvalue weighted by Gasteiger charge is -2.09. The fourth-order valence-corrected chi connectivity index (χ4v) is 4.64. The van der Waals surface area contributed by atoms with Gasteiger partial charge >= 0.3 is 11.6 Å². The van der Waals surface area contributed by atoms with Crippen LogP contribution in [0.2, 0.25) is 0 Å². The summed E-state index contributed by atoms with van der Waals surface area (Å²) in [7, 11) is 0. The van der Waals surface area contributed by atoms with E-state index in [0.717, 1.165) is 12.8 Å². The minimum atomic E-state index is -0.785. The zero-order chi connectivity index (χ0) is 27.2. The van der Waals surface area contributed by atoms with E-state index in [1.807, 2.05) is 0 Å². The summed E-state index contributed by atoms with van der Waals surface area (Å²) in [6, 6.07) is 12.9. The molecule has 0 unspecified atom stereocenters. The van der Waals surface area contributed by atoms with E-state index >= 15 is 0 Å². The van der Waals surface area contributed by atoms with Crippen molar-refractivity contribution in [3.05, 3.63) is 75.6 Å². The lowest BCUT2D eigenvalue weighted by Crippen LogP contribution is -2.15. The second-order valence-corrected chi connectivity index (χ2v) is 9.94. The fourth-order valence-electron chi connectivity index (χ4n) is 4.64. The number of benzene rings is 2. The number of ether oxygens (including phenoxy) is 1. The summed E-state index contributed by atoms with van der Waals surface area (Å²) < 4.78 is 10.7. The highest BCUT2D eigenvalue weighted by atomic mass is 16.5. The standard InChI is InChI=1S/C32H41NO5/c1-2-3-4-5-6-7-8-9-10-11-12-13-16-23-37-31(35)25-21-19-24(20-22-25)29(33)28-30(34)26-17-14-15-18-27(26)38-32(28)36/h14-15,17-22,33-34H,2-13,16,23H2,1H3. The van der Waals surface area contributed by atoms with E-state index in [-0.39, 0.29) is 22.6 Å². The number of aromatic hydroxyl groups is 1. The van der Waals surface area contributed by atoms with Crippen molar-refractivity contribution in [3.63, 3.8) is 0 Å². The Morgan fingerprint density at radius 2 is 1.32 bits per heavy atom. The number of hydrogen-bond acceptors (Lipinski definition) is 6. The van der Waals surface area contributed by atoms with Gasteiger partial charge in [0, 0.05) is 5.56 Å². The van der Waals surface area contributed by atoms with Crippen LogP contribution in [0.4, 0.5) is 0 Å². The van der Waals surface area contributed by atoms with Crippen LogP contribution in [0.25, 0.3) is 11.0 Å². The molecular weight excluding hydrogens is 478 g/mol. The summed E-state index contributed by atoms with van der Waals surface area (Å²) in [4.78, 5) is 24.8. The van der Waals surface area contributed by atoms with Gasteiger partial charge in [0.15, 0.2) is 0 Å². The van der Waals surface area contributed by atoms with E-state index in [0.29, 0.717) is 23.1 Å². The van der Waals surface area contributed by atoms with Crippen LogP contribution in [0.3, 0.4) is 0 Å². The van der Waals surface area contributed by atoms with Crippen LogP contribution >= 0.6 is 0 Å². The normalized spacial score (nSPS) is 11.1. The zero-order valence-corrected chi connectivity index (χ0v) is 22.6. The Morgan fingerprint density at radius 3 is 1.92 bits per heavy atom. The SMILES string of the molecule is CCCCCCCCCCCCCCCOC(=O)c1ccc(C(=N)c2c(O)c3ccccc3oc2=O)cc1. The van der Waals surface area contributed by atoms with E-state index in [1.165, 1.54) is 70.6 Å². The molecule has 2 N–H and O–H groups in total. The average molecular weight is 520 g/mol. The molecular formula is C32H41NO5. The van der Waals surface area contributed by atoms with Crippen molar-refractivity contribution in [1.29, 1.82) is 5.41 Å². The van der Waals surface area contributed by atoms with Crippen molar-refractivity contribution < 1.29 is 19.1 Å². The Morgan fingerprint density at radius 1 is 0.789 bits per heavy atom. The zero-order valence-electron chi connectivity index (χ0n) is 22.6. The molecule has 0 fully saturated rings. The Hall–Kier alpha value is -3.41. The Bertz CT molecular complexity index is 1230. The number of carbonyl (C=O) groups is 1. The molecule has 0 saturated heterocycles. The monoisotopic (exact) mass is 519 g/mol. The Labute approximate surface area is 225 Å². The van der Waals surface area contributed by atoms with E-state index < -0.39 is 11.6 Å². The van der Waals surface area contributed by atoms with Gasteiger partial charge in [-0.3, -0.25) is 5.41 Å². The van der Waals surface area contributed by atoms with Gasteiger partial charge in [0.05, 0.1) is 23.3 Å². The summed E-state index contributed by atoms with van der Waals surface area (Å²) in [5.41, 5.74) is -0.141. The molecule has 3 aromatic rings. The van der Waals surface area contributed by atoms with Gasteiger partial charge in [-0.05, 0) is 30.7 Å². The first-order valence-electron chi connectivity index (χ1n) is 14.1. The molecule has 0 spiro atoms. The molecule has 0 bridgehead atoms. The van der Waals surface area contributed by atoms with Gasteiger partial charge in [0.2, 0.25) is 0 Å². The molecule has 204 valence electrons. The summed E-state index contributed by atoms with van der Waals surface area (Å²) in [6.45, 7) is 2.64. The molecule has 6 nitrogen and oxygen atoms in total. The number of esters is 1. The van der Waals surface area contributed by atoms with Gasteiger partial charge in [0.1, 0.15) is 16.9 Å². The lowest BCUT2D eigenvalue weighted by molar-refractivity contribution is 0.0497. The van der Waals surface area contributed by atoms with Crippen LogP contribution in [-0.4, -0.2) is 23.4 Å². The summed E-state index contributed by atoms with van der Waals surface area (Å²) in [6.07, 6.45) is 16.4. The molecule has 38 heavy (non-hydrogen) atoms. The van der Waals surface area contributed by atoms with Crippen molar-refractivity contribution in [1.82, 2.24) is 0 Å². The summed E-state index contributed by atoms with van der Waals surface area (Å²) in [5, 5.41) is 19.4. The predicted octanol–water partition coefficient (Wildman–Crippen LogP) is 8.16. The van der Waals surface area contributed by atoms with Crippen LogP contribution in [-0.2, 0) is 4.74 Å². The van der Waals surface area contributed by atoms with Gasteiger partial charge in [-0.25, -0.2) is 9.59 Å². The van der Waals surface area contributed by atoms with Gasteiger partial charge in [-0.15, -0.1) is 0 Å². The van der Waals surface area contributed by atoms with Crippen molar-refractivity contribution in [3.8, 4) is 5.75 Å². The van der Waals surface area contributed by atoms with E-state index in [9.17, 15) is 14.7 Å². The largest absolute Gasteiger partial charge is 0.506 e. The molecule has 3 rings (SSSR count). The smallest absolute Gasteiger partial charge is 0.349 e. The molecule has 0 aliphatic rings. The molecule has 2 aromatic carbocycles. The van der Waals surface area contributed by atoms with E-state index in [1.54, 1.807) is 48.5 Å². The second kappa shape index (κ2) is 15.8. The Kier molecular flexibility index (Phi) is 12.1. The number of carbonyl (C=O) groups excluding carboxylic acids is 1. The maximum Gasteiger partial charge on any atom is 0.349 e. The van der Waals surface area contributed by atoms with Crippen molar-refractivity contribution in [2.45, 2.75) is 90.4 Å². The molecule has 1 aromatic heterocycles.